The number of rotatable bonds is 4. The van der Waals surface area contributed by atoms with Crippen LogP contribution in [0.1, 0.15) is 6.92 Å². The molecule has 0 saturated carbocycles. The fraction of sp³-hybridized carbons (Fsp3) is 0.222. The summed E-state index contributed by atoms with van der Waals surface area (Å²) >= 11 is 0. The molecule has 1 atom stereocenters. The molecule has 0 aliphatic rings. The monoisotopic (exact) mass is 164 g/mol. The lowest BCUT2D eigenvalue weighted by molar-refractivity contribution is 0.205. The van der Waals surface area contributed by atoms with Gasteiger partial charge in [0.1, 0.15) is 5.75 Å². The molecule has 1 amide bonds. The lowest BCUT2D eigenvalue weighted by Gasteiger charge is -2.11. The Morgan fingerprint density at radius 1 is 1.42 bits per heavy atom. The van der Waals surface area contributed by atoms with E-state index in [2.05, 4.69) is 5.32 Å². The largest absolute Gasteiger partial charge is 0.471 e. The molecule has 0 heterocycles. The van der Waals surface area contributed by atoms with Crippen LogP contribution in [-0.4, -0.2) is 12.6 Å². The van der Waals surface area contributed by atoms with E-state index in [1.165, 1.54) is 0 Å². The van der Waals surface area contributed by atoms with Gasteiger partial charge >= 0.3 is 6.41 Å². The van der Waals surface area contributed by atoms with E-state index < -0.39 is 0 Å². The topological polar surface area (TPSA) is 38.3 Å². The van der Waals surface area contributed by atoms with Gasteiger partial charge in [0.15, 0.2) is 6.23 Å². The Morgan fingerprint density at radius 3 is 2.67 bits per heavy atom. The van der Waals surface area contributed by atoms with Gasteiger partial charge in [-0.15, -0.1) is 0 Å². The maximum Gasteiger partial charge on any atom is 0.312 e. The van der Waals surface area contributed by atoms with Crippen molar-refractivity contribution < 1.29 is 9.53 Å². The van der Waals surface area contributed by atoms with E-state index in [0.717, 1.165) is 5.75 Å². The second kappa shape index (κ2) is 4.38. The van der Waals surface area contributed by atoms with E-state index >= 15 is 0 Å². The van der Waals surface area contributed by atoms with Crippen LogP contribution in [0.5, 0.6) is 5.75 Å². The molecule has 1 N–H and O–H groups in total. The van der Waals surface area contributed by atoms with Crippen molar-refractivity contribution in [2.45, 2.75) is 13.2 Å². The number of benzene rings is 1. The normalized spacial score (nSPS) is 11.8. The molecule has 0 spiro atoms. The molecule has 1 unspecified atom stereocenters. The molecule has 1 radical (unpaired) electrons. The maximum absolute atomic E-state index is 9.89. The third kappa shape index (κ3) is 2.62. The van der Waals surface area contributed by atoms with Gasteiger partial charge in [-0.2, -0.15) is 0 Å². The lowest BCUT2D eigenvalue weighted by Crippen LogP contribution is -2.29. The van der Waals surface area contributed by atoms with Gasteiger partial charge in [-0.05, 0) is 19.1 Å². The van der Waals surface area contributed by atoms with E-state index in [9.17, 15) is 4.79 Å². The van der Waals surface area contributed by atoms with Crippen LogP contribution in [0.25, 0.3) is 0 Å². The van der Waals surface area contributed by atoms with E-state index in [1.54, 1.807) is 13.3 Å². The van der Waals surface area contributed by atoms with Crippen molar-refractivity contribution in [2.75, 3.05) is 0 Å². The minimum absolute atomic E-state index is 0.343. The quantitative estimate of drug-likeness (QED) is 0.534. The summed E-state index contributed by atoms with van der Waals surface area (Å²) in [5.41, 5.74) is 0. The van der Waals surface area contributed by atoms with Crippen LogP contribution in [-0.2, 0) is 4.79 Å². The number of amides is 1. The summed E-state index contributed by atoms with van der Waals surface area (Å²) in [4.78, 5) is 9.89. The fourth-order valence-corrected chi connectivity index (χ4v) is 0.816. The predicted molar refractivity (Wildman–Crippen MR) is 45.4 cm³/mol. The third-order valence-corrected chi connectivity index (χ3v) is 1.32. The molecule has 63 valence electrons. The highest BCUT2D eigenvalue weighted by Gasteiger charge is 1.99. The molecule has 0 aromatic heterocycles. The highest BCUT2D eigenvalue weighted by Crippen LogP contribution is 2.09. The predicted octanol–water partition coefficient (Wildman–Crippen LogP) is 1.07. The molecule has 1 aromatic carbocycles. The minimum atomic E-state index is -0.343. The van der Waals surface area contributed by atoms with E-state index in [0.29, 0.717) is 0 Å². The average molecular weight is 164 g/mol. The second-order valence-electron chi connectivity index (χ2n) is 2.32. The molecule has 0 bridgehead atoms. The smallest absolute Gasteiger partial charge is 0.312 e. The van der Waals surface area contributed by atoms with Crippen LogP contribution in [0.15, 0.2) is 30.3 Å². The first-order chi connectivity index (χ1) is 5.83. The van der Waals surface area contributed by atoms with Gasteiger partial charge < -0.3 is 10.1 Å². The van der Waals surface area contributed by atoms with Crippen LogP contribution in [0.3, 0.4) is 0 Å². The first-order valence-corrected chi connectivity index (χ1v) is 3.67. The Morgan fingerprint density at radius 2 is 2.08 bits per heavy atom. The Hall–Kier alpha value is -1.51. The van der Waals surface area contributed by atoms with Crippen molar-refractivity contribution in [1.29, 1.82) is 0 Å². The molecular weight excluding hydrogens is 154 g/mol. The minimum Gasteiger partial charge on any atom is -0.471 e. The molecule has 1 rings (SSSR count). The average Bonchev–Trinajstić information content (AvgIpc) is 2.06. The van der Waals surface area contributed by atoms with Crippen LogP contribution < -0.4 is 10.1 Å². The molecule has 12 heavy (non-hydrogen) atoms. The second-order valence-corrected chi connectivity index (χ2v) is 2.32. The first kappa shape index (κ1) is 8.59. The van der Waals surface area contributed by atoms with Crippen molar-refractivity contribution in [3.63, 3.8) is 0 Å². The molecular formula is C9H10NO2. The Kier molecular flexibility index (Phi) is 3.14. The number of para-hydroxylation sites is 1. The van der Waals surface area contributed by atoms with E-state index in [-0.39, 0.29) is 6.23 Å². The van der Waals surface area contributed by atoms with Gasteiger partial charge in [-0.3, -0.25) is 4.79 Å². The van der Waals surface area contributed by atoms with E-state index in [1.807, 2.05) is 30.3 Å². The van der Waals surface area contributed by atoms with Crippen LogP contribution in [0.4, 0.5) is 0 Å². The molecule has 3 heteroatoms. The van der Waals surface area contributed by atoms with Crippen LogP contribution in [0, 0.1) is 0 Å². The fourth-order valence-electron chi connectivity index (χ4n) is 0.816. The standard InChI is InChI=1S/C9H10NO2/c1-8(10-7-11)12-9-5-3-2-4-6-9/h2-6,8H,1H3,(H,10,11). The van der Waals surface area contributed by atoms with Crippen molar-refractivity contribution in [3.05, 3.63) is 30.3 Å². The van der Waals surface area contributed by atoms with Crippen LogP contribution in [0.2, 0.25) is 0 Å². The zero-order chi connectivity index (χ0) is 8.81. The molecule has 1 aromatic rings. The third-order valence-electron chi connectivity index (χ3n) is 1.32. The van der Waals surface area contributed by atoms with Crippen molar-refractivity contribution in [3.8, 4) is 5.75 Å². The summed E-state index contributed by atoms with van der Waals surface area (Å²) in [6.07, 6.45) is 1.22. The summed E-state index contributed by atoms with van der Waals surface area (Å²) in [6.45, 7) is 1.73. The molecule has 3 nitrogen and oxygen atoms in total. The molecule has 0 aliphatic heterocycles. The molecule has 0 fully saturated rings. The van der Waals surface area contributed by atoms with Gasteiger partial charge in [0, 0.05) is 0 Å². The zero-order valence-electron chi connectivity index (χ0n) is 6.78. The summed E-state index contributed by atoms with van der Waals surface area (Å²) in [5.74, 6) is 0.729. The van der Waals surface area contributed by atoms with Crippen LogP contribution >= 0.6 is 0 Å². The number of nitrogens with one attached hydrogen (secondary N) is 1. The van der Waals surface area contributed by atoms with E-state index in [4.69, 9.17) is 4.74 Å². The zero-order valence-corrected chi connectivity index (χ0v) is 6.78. The van der Waals surface area contributed by atoms with Gasteiger partial charge in [0.25, 0.3) is 0 Å². The maximum atomic E-state index is 9.89. The van der Waals surface area contributed by atoms with Gasteiger partial charge in [-0.1, -0.05) is 18.2 Å². The number of hydrogen-bond acceptors (Lipinski definition) is 2. The molecule has 0 saturated heterocycles. The number of hydrogen-bond donors (Lipinski definition) is 1. The summed E-state index contributed by atoms with van der Waals surface area (Å²) in [5, 5.41) is 2.37. The Bertz CT molecular complexity index is 236. The highest BCUT2D eigenvalue weighted by molar-refractivity contribution is 5.47. The SMILES string of the molecule is CC(N[C]=O)Oc1ccccc1. The first-order valence-electron chi connectivity index (χ1n) is 3.67. The van der Waals surface area contributed by atoms with Gasteiger partial charge in [0.2, 0.25) is 0 Å². The Labute approximate surface area is 71.4 Å². The molecule has 0 aliphatic carbocycles. The number of ether oxygens (including phenoxy) is 1. The van der Waals surface area contributed by atoms with Crippen molar-refractivity contribution in [1.82, 2.24) is 5.32 Å². The number of carbonyl (C=O) groups excluding carboxylic acids is 1. The van der Waals surface area contributed by atoms with Gasteiger partial charge in [0.05, 0.1) is 0 Å². The summed E-state index contributed by atoms with van der Waals surface area (Å²) < 4.78 is 5.28. The van der Waals surface area contributed by atoms with Gasteiger partial charge in [-0.25, -0.2) is 0 Å². The summed E-state index contributed by atoms with van der Waals surface area (Å²) in [6, 6.07) is 9.28. The van der Waals surface area contributed by atoms with Crippen molar-refractivity contribution in [2.24, 2.45) is 0 Å². The summed E-state index contributed by atoms with van der Waals surface area (Å²) in [7, 11) is 0. The highest BCUT2D eigenvalue weighted by atomic mass is 16.5. The van der Waals surface area contributed by atoms with Crippen molar-refractivity contribution >= 4 is 6.41 Å². The lowest BCUT2D eigenvalue weighted by atomic mass is 10.3. The Balaban J connectivity index is 2.46.